The van der Waals surface area contributed by atoms with Crippen LogP contribution in [0.5, 0.6) is 0 Å². The number of esters is 1. The molecule has 0 atom stereocenters. The van der Waals surface area contributed by atoms with Crippen LogP contribution in [0.15, 0.2) is 36.4 Å². The van der Waals surface area contributed by atoms with Crippen LogP contribution in [0.4, 0.5) is 0 Å². The first-order valence-corrected chi connectivity index (χ1v) is 5.72. The maximum absolute atomic E-state index is 11.2. The van der Waals surface area contributed by atoms with E-state index in [9.17, 15) is 4.79 Å². The van der Waals surface area contributed by atoms with Gasteiger partial charge < -0.3 is 4.74 Å². The summed E-state index contributed by atoms with van der Waals surface area (Å²) in [7, 11) is 1.32. The summed E-state index contributed by atoms with van der Waals surface area (Å²) in [4.78, 5) is 19.5. The minimum Gasteiger partial charge on any atom is -0.469 e. The summed E-state index contributed by atoms with van der Waals surface area (Å²) in [5, 5.41) is 0.308. The lowest BCUT2D eigenvalue weighted by molar-refractivity contribution is -0.139. The van der Waals surface area contributed by atoms with Crippen molar-refractivity contribution in [3.63, 3.8) is 0 Å². The molecule has 0 aliphatic carbocycles. The van der Waals surface area contributed by atoms with Gasteiger partial charge in [-0.15, -0.1) is 0 Å². The molecule has 2 aromatic rings. The largest absolute Gasteiger partial charge is 0.469 e. The summed E-state index contributed by atoms with van der Waals surface area (Å²) < 4.78 is 4.58. The topological polar surface area (TPSA) is 52.1 Å². The first-order chi connectivity index (χ1) is 8.69. The van der Waals surface area contributed by atoms with Crippen molar-refractivity contribution in [1.82, 2.24) is 9.97 Å². The van der Waals surface area contributed by atoms with Crippen molar-refractivity contribution in [2.45, 2.75) is 6.42 Å². The Labute approximate surface area is 110 Å². The van der Waals surface area contributed by atoms with Crippen LogP contribution in [0.1, 0.15) is 5.82 Å². The number of hydrogen-bond donors (Lipinski definition) is 0. The van der Waals surface area contributed by atoms with Gasteiger partial charge in [0.2, 0.25) is 0 Å². The van der Waals surface area contributed by atoms with Crippen molar-refractivity contribution < 1.29 is 9.53 Å². The molecule has 0 N–H and O–H groups in total. The van der Waals surface area contributed by atoms with Gasteiger partial charge in [-0.05, 0) is 0 Å². The molecule has 92 valence electrons. The molecule has 0 radical (unpaired) electrons. The van der Waals surface area contributed by atoms with Crippen molar-refractivity contribution in [1.29, 1.82) is 0 Å². The monoisotopic (exact) mass is 262 g/mol. The highest BCUT2D eigenvalue weighted by Gasteiger charge is 2.09. The highest BCUT2D eigenvalue weighted by molar-refractivity contribution is 6.29. The normalized spacial score (nSPS) is 10.1. The van der Waals surface area contributed by atoms with Crippen molar-refractivity contribution in [2.24, 2.45) is 0 Å². The lowest BCUT2D eigenvalue weighted by Gasteiger charge is -2.04. The quantitative estimate of drug-likeness (QED) is 0.630. The molecule has 0 fully saturated rings. The number of carbonyl (C=O) groups excluding carboxylic acids is 1. The number of halogens is 1. The second-order valence-electron chi connectivity index (χ2n) is 3.61. The number of aromatic nitrogens is 2. The standard InChI is InChI=1S/C13H11ClN2O2/c1-18-13(17)8-12-15-10(7-11(14)16-12)9-5-3-2-4-6-9/h2-7H,8H2,1H3. The Balaban J connectivity index is 2.35. The van der Waals surface area contributed by atoms with Crippen LogP contribution in [-0.4, -0.2) is 23.0 Å². The zero-order valence-electron chi connectivity index (χ0n) is 9.76. The molecule has 5 heteroatoms. The maximum Gasteiger partial charge on any atom is 0.313 e. The fourth-order valence-corrected chi connectivity index (χ4v) is 1.70. The molecule has 0 saturated carbocycles. The molecule has 2 rings (SSSR count). The van der Waals surface area contributed by atoms with Crippen LogP contribution >= 0.6 is 11.6 Å². The van der Waals surface area contributed by atoms with E-state index in [1.165, 1.54) is 7.11 Å². The Morgan fingerprint density at radius 2 is 2.00 bits per heavy atom. The number of hydrogen-bond acceptors (Lipinski definition) is 4. The minimum atomic E-state index is -0.392. The second-order valence-corrected chi connectivity index (χ2v) is 4.00. The molecule has 18 heavy (non-hydrogen) atoms. The Morgan fingerprint density at radius 1 is 1.28 bits per heavy atom. The smallest absolute Gasteiger partial charge is 0.313 e. The van der Waals surface area contributed by atoms with E-state index < -0.39 is 5.97 Å². The van der Waals surface area contributed by atoms with Crippen LogP contribution in [0, 0.1) is 0 Å². The summed E-state index contributed by atoms with van der Waals surface area (Å²) in [5.74, 6) is -0.0375. The third-order valence-corrected chi connectivity index (χ3v) is 2.53. The molecule has 1 aromatic heterocycles. The van der Waals surface area contributed by atoms with Crippen LogP contribution < -0.4 is 0 Å². The predicted octanol–water partition coefficient (Wildman–Crippen LogP) is 2.51. The third kappa shape index (κ3) is 3.05. The van der Waals surface area contributed by atoms with E-state index in [0.717, 1.165) is 5.56 Å². The summed E-state index contributed by atoms with van der Waals surface area (Å²) in [6, 6.07) is 11.2. The van der Waals surface area contributed by atoms with Gasteiger partial charge in [-0.3, -0.25) is 4.79 Å². The van der Waals surface area contributed by atoms with Gasteiger partial charge in [0.15, 0.2) is 0 Å². The number of ether oxygens (including phenoxy) is 1. The number of rotatable bonds is 3. The third-order valence-electron chi connectivity index (χ3n) is 2.34. The lowest BCUT2D eigenvalue weighted by Crippen LogP contribution is -2.08. The molecule has 4 nitrogen and oxygen atoms in total. The van der Waals surface area contributed by atoms with E-state index >= 15 is 0 Å². The van der Waals surface area contributed by atoms with Gasteiger partial charge >= 0.3 is 5.97 Å². The summed E-state index contributed by atoms with van der Waals surface area (Å²) >= 11 is 5.92. The molecular formula is C13H11ClN2O2. The SMILES string of the molecule is COC(=O)Cc1nc(Cl)cc(-c2ccccc2)n1. The molecule has 0 spiro atoms. The Bertz CT molecular complexity index is 558. The zero-order valence-corrected chi connectivity index (χ0v) is 10.5. The van der Waals surface area contributed by atoms with E-state index in [4.69, 9.17) is 11.6 Å². The van der Waals surface area contributed by atoms with Gasteiger partial charge in [0, 0.05) is 11.6 Å². The van der Waals surface area contributed by atoms with Gasteiger partial charge in [-0.2, -0.15) is 0 Å². The Hall–Kier alpha value is -1.94. The van der Waals surface area contributed by atoms with Crippen LogP contribution in [0.2, 0.25) is 5.15 Å². The van der Waals surface area contributed by atoms with Gasteiger partial charge in [0.1, 0.15) is 17.4 Å². The van der Waals surface area contributed by atoms with Gasteiger partial charge in [0.25, 0.3) is 0 Å². The van der Waals surface area contributed by atoms with Crippen LogP contribution in [-0.2, 0) is 16.0 Å². The number of nitrogens with zero attached hydrogens (tertiary/aromatic N) is 2. The molecule has 0 saturated heterocycles. The van der Waals surface area contributed by atoms with Crippen LogP contribution in [0.3, 0.4) is 0 Å². The van der Waals surface area contributed by atoms with E-state index in [2.05, 4.69) is 14.7 Å². The Morgan fingerprint density at radius 3 is 2.67 bits per heavy atom. The van der Waals surface area contributed by atoms with Crippen LogP contribution in [0.25, 0.3) is 11.3 Å². The average Bonchev–Trinajstić information content (AvgIpc) is 2.39. The van der Waals surface area contributed by atoms with E-state index in [1.807, 2.05) is 30.3 Å². The van der Waals surface area contributed by atoms with Crippen molar-refractivity contribution in [2.75, 3.05) is 7.11 Å². The molecule has 0 bridgehead atoms. The summed E-state index contributed by atoms with van der Waals surface area (Å²) in [6.45, 7) is 0. The molecule has 1 aromatic carbocycles. The highest BCUT2D eigenvalue weighted by atomic mass is 35.5. The molecule has 0 aliphatic rings. The molecule has 0 unspecified atom stereocenters. The number of carbonyl (C=O) groups is 1. The number of benzene rings is 1. The van der Waals surface area contributed by atoms with Gasteiger partial charge in [0.05, 0.1) is 12.8 Å². The fourth-order valence-electron chi connectivity index (χ4n) is 1.50. The van der Waals surface area contributed by atoms with E-state index in [-0.39, 0.29) is 6.42 Å². The molecule has 1 heterocycles. The van der Waals surface area contributed by atoms with Crippen molar-refractivity contribution in [3.05, 3.63) is 47.4 Å². The maximum atomic E-state index is 11.2. The van der Waals surface area contributed by atoms with Gasteiger partial charge in [-0.25, -0.2) is 9.97 Å². The van der Waals surface area contributed by atoms with Crippen molar-refractivity contribution in [3.8, 4) is 11.3 Å². The lowest BCUT2D eigenvalue weighted by atomic mass is 10.1. The second kappa shape index (κ2) is 5.60. The molecule has 0 aliphatic heterocycles. The van der Waals surface area contributed by atoms with Crippen molar-refractivity contribution >= 4 is 17.6 Å². The highest BCUT2D eigenvalue weighted by Crippen LogP contribution is 2.19. The predicted molar refractivity (Wildman–Crippen MR) is 68.2 cm³/mol. The Kier molecular flexibility index (Phi) is 3.89. The minimum absolute atomic E-state index is 0.0108. The fraction of sp³-hybridized carbons (Fsp3) is 0.154. The first-order valence-electron chi connectivity index (χ1n) is 5.35. The summed E-state index contributed by atoms with van der Waals surface area (Å²) in [6.07, 6.45) is 0.0108. The zero-order chi connectivity index (χ0) is 13.0. The molecular weight excluding hydrogens is 252 g/mol. The average molecular weight is 263 g/mol. The summed E-state index contributed by atoms with van der Waals surface area (Å²) in [5.41, 5.74) is 1.61. The van der Waals surface area contributed by atoms with E-state index in [0.29, 0.717) is 16.7 Å². The van der Waals surface area contributed by atoms with E-state index in [1.54, 1.807) is 6.07 Å². The number of methoxy groups -OCH3 is 1. The molecule has 0 amide bonds. The van der Waals surface area contributed by atoms with Gasteiger partial charge in [-0.1, -0.05) is 41.9 Å². The first kappa shape index (κ1) is 12.5.